The molecule has 0 saturated heterocycles. The van der Waals surface area contributed by atoms with Crippen molar-refractivity contribution >= 4 is 18.1 Å². The zero-order chi connectivity index (χ0) is 20.6. The number of ether oxygens (including phenoxy) is 2. The van der Waals surface area contributed by atoms with Gasteiger partial charge in [0, 0.05) is 0 Å². The number of carbonyl (C=O) groups excluding carboxylic acids is 2. The van der Waals surface area contributed by atoms with Crippen LogP contribution in [-0.2, 0) is 11.3 Å². The molecule has 0 spiro atoms. The SMILES string of the molecule is COC(=O)c1ccc(COc2ccc(/C=N\NC(=O)c3ccoc3C)cc2)cc1. The molecular weight excluding hydrogens is 372 g/mol. The van der Waals surface area contributed by atoms with Crippen LogP contribution in [0.2, 0.25) is 0 Å². The van der Waals surface area contributed by atoms with Gasteiger partial charge in [-0.3, -0.25) is 4.79 Å². The first-order chi connectivity index (χ1) is 14.1. The maximum absolute atomic E-state index is 11.9. The van der Waals surface area contributed by atoms with Gasteiger partial charge in [-0.1, -0.05) is 12.1 Å². The van der Waals surface area contributed by atoms with E-state index in [4.69, 9.17) is 9.15 Å². The van der Waals surface area contributed by atoms with Gasteiger partial charge in [0.25, 0.3) is 5.91 Å². The van der Waals surface area contributed by atoms with Crippen LogP contribution in [0.3, 0.4) is 0 Å². The third kappa shape index (κ3) is 5.32. The van der Waals surface area contributed by atoms with Crippen LogP contribution in [0.25, 0.3) is 0 Å². The minimum absolute atomic E-state index is 0.328. The highest BCUT2D eigenvalue weighted by Crippen LogP contribution is 2.14. The maximum Gasteiger partial charge on any atom is 0.337 e. The van der Waals surface area contributed by atoms with Crippen LogP contribution >= 0.6 is 0 Å². The van der Waals surface area contributed by atoms with E-state index in [-0.39, 0.29) is 11.9 Å². The van der Waals surface area contributed by atoms with Crippen LogP contribution in [-0.4, -0.2) is 25.2 Å². The molecule has 148 valence electrons. The molecule has 0 saturated carbocycles. The number of rotatable bonds is 7. The summed E-state index contributed by atoms with van der Waals surface area (Å²) in [5.41, 5.74) is 5.14. The van der Waals surface area contributed by atoms with Crippen molar-refractivity contribution in [3.05, 3.63) is 88.9 Å². The fourth-order valence-corrected chi connectivity index (χ4v) is 2.52. The molecule has 2 aromatic carbocycles. The van der Waals surface area contributed by atoms with Gasteiger partial charge in [0.15, 0.2) is 0 Å². The molecular formula is C22H20N2O5. The van der Waals surface area contributed by atoms with E-state index in [0.717, 1.165) is 11.1 Å². The molecule has 0 aliphatic heterocycles. The Bertz CT molecular complexity index is 1000. The van der Waals surface area contributed by atoms with E-state index >= 15 is 0 Å². The first kappa shape index (κ1) is 19.9. The van der Waals surface area contributed by atoms with E-state index in [1.807, 2.05) is 36.4 Å². The first-order valence-corrected chi connectivity index (χ1v) is 8.84. The molecule has 0 atom stereocenters. The Morgan fingerprint density at radius 2 is 1.79 bits per heavy atom. The third-order valence-corrected chi connectivity index (χ3v) is 4.14. The Balaban J connectivity index is 1.50. The molecule has 0 fully saturated rings. The zero-order valence-electron chi connectivity index (χ0n) is 16.0. The number of hydrazone groups is 1. The summed E-state index contributed by atoms with van der Waals surface area (Å²) < 4.78 is 15.5. The van der Waals surface area contributed by atoms with Crippen molar-refractivity contribution in [1.82, 2.24) is 5.43 Å². The predicted molar refractivity (Wildman–Crippen MR) is 107 cm³/mol. The Morgan fingerprint density at radius 3 is 2.41 bits per heavy atom. The normalized spacial score (nSPS) is 10.7. The topological polar surface area (TPSA) is 90.1 Å². The Labute approximate surface area is 167 Å². The average molecular weight is 392 g/mol. The molecule has 0 aliphatic rings. The number of hydrogen-bond donors (Lipinski definition) is 1. The van der Waals surface area contributed by atoms with E-state index < -0.39 is 0 Å². The van der Waals surface area contributed by atoms with Gasteiger partial charge < -0.3 is 13.9 Å². The van der Waals surface area contributed by atoms with Crippen molar-refractivity contribution < 1.29 is 23.5 Å². The number of hydrogen-bond acceptors (Lipinski definition) is 6. The number of carbonyl (C=O) groups is 2. The fraction of sp³-hybridized carbons (Fsp3) is 0.136. The molecule has 0 unspecified atom stereocenters. The predicted octanol–water partition coefficient (Wildman–Crippen LogP) is 3.72. The van der Waals surface area contributed by atoms with E-state index in [0.29, 0.717) is 29.2 Å². The van der Waals surface area contributed by atoms with Gasteiger partial charge in [-0.15, -0.1) is 0 Å². The molecule has 1 aromatic heterocycles. The van der Waals surface area contributed by atoms with E-state index in [2.05, 4.69) is 15.3 Å². The fourth-order valence-electron chi connectivity index (χ4n) is 2.52. The number of nitrogens with one attached hydrogen (secondary N) is 1. The molecule has 7 nitrogen and oxygen atoms in total. The molecule has 7 heteroatoms. The van der Waals surface area contributed by atoms with E-state index in [1.54, 1.807) is 31.3 Å². The van der Waals surface area contributed by atoms with Crippen molar-refractivity contribution in [2.45, 2.75) is 13.5 Å². The number of furan rings is 1. The van der Waals surface area contributed by atoms with Gasteiger partial charge in [-0.2, -0.15) is 5.10 Å². The summed E-state index contributed by atoms with van der Waals surface area (Å²) >= 11 is 0. The lowest BCUT2D eigenvalue weighted by atomic mass is 10.1. The number of esters is 1. The number of aryl methyl sites for hydroxylation is 1. The molecule has 0 aliphatic carbocycles. The highest BCUT2D eigenvalue weighted by Gasteiger charge is 2.09. The standard InChI is InChI=1S/C22H20N2O5/c1-15-20(11-12-28-15)21(25)24-23-13-16-5-9-19(10-6-16)29-14-17-3-7-18(8-4-17)22(26)27-2/h3-13H,14H2,1-2H3,(H,24,25)/b23-13-. The first-order valence-electron chi connectivity index (χ1n) is 8.84. The molecule has 0 radical (unpaired) electrons. The van der Waals surface area contributed by atoms with Crippen molar-refractivity contribution in [2.24, 2.45) is 5.10 Å². The smallest absolute Gasteiger partial charge is 0.337 e. The van der Waals surface area contributed by atoms with Crippen LogP contribution in [0.5, 0.6) is 5.75 Å². The lowest BCUT2D eigenvalue weighted by molar-refractivity contribution is 0.0600. The molecule has 0 bridgehead atoms. The summed E-state index contributed by atoms with van der Waals surface area (Å²) in [6.07, 6.45) is 3.00. The van der Waals surface area contributed by atoms with Gasteiger partial charge in [0.1, 0.15) is 18.1 Å². The third-order valence-electron chi connectivity index (χ3n) is 4.14. The summed E-state index contributed by atoms with van der Waals surface area (Å²) in [6.45, 7) is 2.08. The molecule has 3 rings (SSSR count). The van der Waals surface area contributed by atoms with E-state index in [9.17, 15) is 9.59 Å². The highest BCUT2D eigenvalue weighted by molar-refractivity contribution is 5.95. The van der Waals surface area contributed by atoms with Crippen molar-refractivity contribution in [1.29, 1.82) is 0 Å². The van der Waals surface area contributed by atoms with Gasteiger partial charge in [0.05, 0.1) is 30.7 Å². The second-order valence-electron chi connectivity index (χ2n) is 6.14. The molecule has 29 heavy (non-hydrogen) atoms. The van der Waals surface area contributed by atoms with Crippen LogP contribution in [0.4, 0.5) is 0 Å². The Kier molecular flexibility index (Phi) is 6.42. The summed E-state index contributed by atoms with van der Waals surface area (Å²) in [4.78, 5) is 23.4. The summed E-state index contributed by atoms with van der Waals surface area (Å²) in [6, 6.07) is 15.9. The minimum Gasteiger partial charge on any atom is -0.489 e. The second kappa shape index (κ2) is 9.36. The van der Waals surface area contributed by atoms with Crippen LogP contribution in [0.15, 0.2) is 70.4 Å². The number of nitrogens with zero attached hydrogens (tertiary/aromatic N) is 1. The number of methoxy groups -OCH3 is 1. The van der Waals surface area contributed by atoms with Crippen LogP contribution < -0.4 is 10.2 Å². The second-order valence-corrected chi connectivity index (χ2v) is 6.14. The quantitative estimate of drug-likeness (QED) is 0.376. The maximum atomic E-state index is 11.9. The van der Waals surface area contributed by atoms with Crippen LogP contribution in [0.1, 0.15) is 37.6 Å². The summed E-state index contributed by atoms with van der Waals surface area (Å²) in [5, 5.41) is 3.95. The zero-order valence-corrected chi connectivity index (χ0v) is 16.0. The highest BCUT2D eigenvalue weighted by atomic mass is 16.5. The lowest BCUT2D eigenvalue weighted by Gasteiger charge is -2.07. The van der Waals surface area contributed by atoms with Gasteiger partial charge in [-0.05, 0) is 60.5 Å². The summed E-state index contributed by atoms with van der Waals surface area (Å²) in [5.74, 6) is 0.535. The van der Waals surface area contributed by atoms with Gasteiger partial charge in [-0.25, -0.2) is 10.2 Å². The Morgan fingerprint density at radius 1 is 1.07 bits per heavy atom. The molecule has 3 aromatic rings. The molecule has 1 heterocycles. The minimum atomic E-state index is -0.370. The lowest BCUT2D eigenvalue weighted by Crippen LogP contribution is -2.17. The van der Waals surface area contributed by atoms with E-state index in [1.165, 1.54) is 13.4 Å². The van der Waals surface area contributed by atoms with Crippen molar-refractivity contribution in [2.75, 3.05) is 7.11 Å². The number of amides is 1. The van der Waals surface area contributed by atoms with Crippen LogP contribution in [0, 0.1) is 6.92 Å². The van der Waals surface area contributed by atoms with Crippen molar-refractivity contribution in [3.8, 4) is 5.75 Å². The molecule has 1 amide bonds. The summed E-state index contributed by atoms with van der Waals surface area (Å²) in [7, 11) is 1.35. The average Bonchev–Trinajstić information content (AvgIpc) is 3.19. The largest absolute Gasteiger partial charge is 0.489 e. The van der Waals surface area contributed by atoms with Crippen molar-refractivity contribution in [3.63, 3.8) is 0 Å². The van der Waals surface area contributed by atoms with Gasteiger partial charge >= 0.3 is 5.97 Å². The Hall–Kier alpha value is -3.87. The van der Waals surface area contributed by atoms with Gasteiger partial charge in [0.2, 0.25) is 0 Å². The number of benzene rings is 2. The molecule has 1 N–H and O–H groups in total. The monoisotopic (exact) mass is 392 g/mol.